The van der Waals surface area contributed by atoms with Gasteiger partial charge in [-0.05, 0) is 85.1 Å². The van der Waals surface area contributed by atoms with Gasteiger partial charge in [0.1, 0.15) is 6.04 Å². The van der Waals surface area contributed by atoms with E-state index in [4.69, 9.17) is 14.7 Å². The summed E-state index contributed by atoms with van der Waals surface area (Å²) in [5.74, 6) is -0.375. The van der Waals surface area contributed by atoms with Crippen molar-refractivity contribution in [3.8, 4) is 0 Å². The van der Waals surface area contributed by atoms with Gasteiger partial charge in [0.2, 0.25) is 5.91 Å². The third-order valence-corrected chi connectivity index (χ3v) is 10.2. The quantitative estimate of drug-likeness (QED) is 0.0596. The molecule has 45 heavy (non-hydrogen) atoms. The third-order valence-electron chi connectivity index (χ3n) is 10.2. The van der Waals surface area contributed by atoms with Crippen molar-refractivity contribution in [2.75, 3.05) is 6.54 Å². The molecule has 4 aliphatic rings. The van der Waals surface area contributed by atoms with Gasteiger partial charge in [0.05, 0.1) is 17.6 Å². The zero-order valence-corrected chi connectivity index (χ0v) is 26.7. The molecule has 3 saturated carbocycles. The van der Waals surface area contributed by atoms with Crippen molar-refractivity contribution in [3.05, 3.63) is 58.1 Å². The maximum atomic E-state index is 13.9. The molecule has 0 radical (unpaired) electrons. The van der Waals surface area contributed by atoms with E-state index >= 15 is 0 Å². The number of nitrogens with one attached hydrogen (secondary N) is 5. The second-order valence-corrected chi connectivity index (χ2v) is 14.0. The van der Waals surface area contributed by atoms with Crippen LogP contribution in [0.15, 0.2) is 42.5 Å². The molecule has 0 unspecified atom stereocenters. The fourth-order valence-electron chi connectivity index (χ4n) is 7.59. The van der Waals surface area contributed by atoms with Crippen molar-refractivity contribution >= 4 is 35.7 Å². The van der Waals surface area contributed by atoms with E-state index in [1.54, 1.807) is 17.6 Å². The number of guanidine groups is 1. The van der Waals surface area contributed by atoms with Crippen molar-refractivity contribution in [2.45, 2.75) is 90.4 Å². The zero-order chi connectivity index (χ0) is 32.5. The summed E-state index contributed by atoms with van der Waals surface area (Å²) < 4.78 is 13.2. The summed E-state index contributed by atoms with van der Waals surface area (Å²) in [6.07, 6.45) is 3.28. The first-order valence-corrected chi connectivity index (χ1v) is 15.9. The normalized spacial score (nSPS) is 25.9. The third kappa shape index (κ3) is 6.94. The van der Waals surface area contributed by atoms with Crippen LogP contribution in [0.5, 0.6) is 0 Å². The number of benzene rings is 2. The van der Waals surface area contributed by atoms with Crippen molar-refractivity contribution < 1.29 is 23.9 Å². The molecule has 3 aliphatic carbocycles. The Morgan fingerprint density at radius 3 is 2.53 bits per heavy atom. The number of fused-ring (bicyclic) bond motifs is 1. The molecule has 242 valence electrons. The number of nitrogens with zero attached hydrogens (tertiary/aromatic N) is 1. The lowest BCUT2D eigenvalue weighted by Crippen LogP contribution is -2.65. The van der Waals surface area contributed by atoms with E-state index in [0.717, 1.165) is 23.6 Å². The lowest BCUT2D eigenvalue weighted by atomic mass is 9.43. The van der Waals surface area contributed by atoms with Crippen molar-refractivity contribution in [2.24, 2.45) is 23.2 Å². The maximum Gasteiger partial charge on any atom is 0.481 e. The van der Waals surface area contributed by atoms with Crippen molar-refractivity contribution in [1.82, 2.24) is 21.4 Å². The van der Waals surface area contributed by atoms with Gasteiger partial charge in [-0.15, -0.1) is 0 Å². The van der Waals surface area contributed by atoms with Gasteiger partial charge in [0.25, 0.3) is 11.9 Å². The Balaban J connectivity index is 1.30. The number of carbonyl (C=O) groups excluding carboxylic acids is 2. The fourth-order valence-corrected chi connectivity index (χ4v) is 7.59. The van der Waals surface area contributed by atoms with Gasteiger partial charge in [-0.1, -0.05) is 63.5 Å². The van der Waals surface area contributed by atoms with E-state index in [1.165, 1.54) is 0 Å². The van der Waals surface area contributed by atoms with E-state index in [2.05, 4.69) is 50.6 Å². The standard InChI is InChI=1S/C32H45BN6O6/c1-19(2)15-27(33-44-26-18-23-17-25(31(23,3)4)32(26,5)45-33)37-29(41)24(11-8-14-35-30(34)38-39(42)43)36-28(40)22-13-12-20-9-6-7-10-21(20)16-22/h6-7,9-10,12-13,16,19,23-27H,8,11,14-15,17-18H2,1-5H3,(H,36,40)(H,37,41)(H3,34,35,38)/t23-,24-,25-,26+,27-,32-/m0/s1. The molecule has 13 heteroatoms. The second kappa shape index (κ2) is 13.0. The van der Waals surface area contributed by atoms with E-state index in [9.17, 15) is 19.7 Å². The van der Waals surface area contributed by atoms with E-state index in [-0.39, 0.29) is 42.2 Å². The number of carbonyl (C=O) groups is 2. The van der Waals surface area contributed by atoms with Crippen LogP contribution >= 0.6 is 0 Å². The second-order valence-electron chi connectivity index (χ2n) is 14.0. The summed E-state index contributed by atoms with van der Waals surface area (Å²) in [7, 11) is -0.603. The molecule has 2 aromatic rings. The van der Waals surface area contributed by atoms with Crippen LogP contribution in [-0.2, 0) is 14.1 Å². The van der Waals surface area contributed by atoms with Crippen LogP contribution < -0.4 is 21.4 Å². The van der Waals surface area contributed by atoms with Crippen LogP contribution in [0.4, 0.5) is 0 Å². The van der Waals surface area contributed by atoms with Gasteiger partial charge < -0.3 is 25.3 Å². The molecule has 1 aliphatic heterocycles. The lowest BCUT2D eigenvalue weighted by Gasteiger charge is -2.64. The lowest BCUT2D eigenvalue weighted by molar-refractivity contribution is -0.525. The summed E-state index contributed by atoms with van der Waals surface area (Å²) in [6.45, 7) is 11.1. The molecule has 5 N–H and O–H groups in total. The van der Waals surface area contributed by atoms with Crippen molar-refractivity contribution in [1.29, 1.82) is 5.41 Å². The Morgan fingerprint density at radius 2 is 1.84 bits per heavy atom. The highest BCUT2D eigenvalue weighted by atomic mass is 16.7. The van der Waals surface area contributed by atoms with Gasteiger partial charge in [0, 0.05) is 12.1 Å². The fraction of sp³-hybridized carbons (Fsp3) is 0.594. The Bertz CT molecular complexity index is 1450. The van der Waals surface area contributed by atoms with Gasteiger partial charge >= 0.3 is 7.12 Å². The average Bonchev–Trinajstić information content (AvgIpc) is 3.34. The molecule has 1 saturated heterocycles. The molecule has 12 nitrogen and oxygen atoms in total. The number of hydrazine groups is 1. The van der Waals surface area contributed by atoms with Crippen LogP contribution in [0, 0.1) is 38.7 Å². The van der Waals surface area contributed by atoms with E-state index in [1.807, 2.05) is 30.3 Å². The number of hydrogen-bond donors (Lipinski definition) is 5. The molecule has 6 atom stereocenters. The summed E-state index contributed by atoms with van der Waals surface area (Å²) in [4.78, 5) is 38.0. The van der Waals surface area contributed by atoms with Gasteiger partial charge in [-0.25, -0.2) is 10.1 Å². The molecule has 1 heterocycles. The highest BCUT2D eigenvalue weighted by Crippen LogP contribution is 2.65. The monoisotopic (exact) mass is 620 g/mol. The van der Waals surface area contributed by atoms with Crippen LogP contribution in [0.3, 0.4) is 0 Å². The molecule has 4 fully saturated rings. The molecule has 0 aromatic heterocycles. The predicted octanol–water partition coefficient (Wildman–Crippen LogP) is 3.82. The SMILES string of the molecule is CC(C)C[C@H](NC(=O)[C@H](CCCNC(=N)N[N+](=O)[O-])NC(=O)c1ccc2ccccc2c1)B1O[C@@H]2C[C@@H]3C[C@@H](C3(C)C)[C@]2(C)O1. The molecule has 2 aromatic carbocycles. The molecule has 6 rings (SSSR count). The Kier molecular flexibility index (Phi) is 9.41. The summed E-state index contributed by atoms with van der Waals surface area (Å²) in [5.41, 5.74) is 1.96. The minimum atomic E-state index is -0.899. The van der Waals surface area contributed by atoms with E-state index in [0.29, 0.717) is 30.2 Å². The first-order valence-electron chi connectivity index (χ1n) is 15.9. The molecule has 2 bridgehead atoms. The average molecular weight is 621 g/mol. The van der Waals surface area contributed by atoms with Crippen LogP contribution in [0.25, 0.3) is 10.8 Å². The highest BCUT2D eigenvalue weighted by molar-refractivity contribution is 6.48. The van der Waals surface area contributed by atoms with E-state index < -0.39 is 35.7 Å². The minimum absolute atomic E-state index is 0.0246. The number of nitro groups is 1. The topological polar surface area (TPSA) is 168 Å². The summed E-state index contributed by atoms with van der Waals surface area (Å²) in [6, 6.07) is 12.2. The number of amides is 2. The summed E-state index contributed by atoms with van der Waals surface area (Å²) >= 11 is 0. The first-order chi connectivity index (χ1) is 21.3. The molecular weight excluding hydrogens is 575 g/mol. The van der Waals surface area contributed by atoms with Gasteiger partial charge in [-0.2, -0.15) is 0 Å². The molecular formula is C32H45BN6O6. The van der Waals surface area contributed by atoms with Crippen LogP contribution in [0.2, 0.25) is 0 Å². The Morgan fingerprint density at radius 1 is 1.11 bits per heavy atom. The number of rotatable bonds is 12. The van der Waals surface area contributed by atoms with Gasteiger partial charge in [0.15, 0.2) is 5.03 Å². The van der Waals surface area contributed by atoms with Crippen molar-refractivity contribution in [3.63, 3.8) is 0 Å². The maximum absolute atomic E-state index is 13.9. The summed E-state index contributed by atoms with van der Waals surface area (Å²) in [5, 5.41) is 28.0. The number of hydrogen-bond acceptors (Lipinski definition) is 7. The Labute approximate surface area is 264 Å². The predicted molar refractivity (Wildman–Crippen MR) is 172 cm³/mol. The van der Waals surface area contributed by atoms with Crippen LogP contribution in [0.1, 0.15) is 77.1 Å². The molecule has 0 spiro atoms. The molecule has 2 amide bonds. The van der Waals surface area contributed by atoms with Crippen LogP contribution in [-0.4, -0.2) is 60.2 Å². The minimum Gasteiger partial charge on any atom is -0.404 e. The smallest absolute Gasteiger partial charge is 0.404 e. The highest BCUT2D eigenvalue weighted by Gasteiger charge is 2.68. The van der Waals surface area contributed by atoms with Gasteiger partial charge in [-0.3, -0.25) is 15.0 Å². The zero-order valence-electron chi connectivity index (χ0n) is 26.7. The first kappa shape index (κ1) is 32.7. The Hall–Kier alpha value is -3.71. The largest absolute Gasteiger partial charge is 0.481 e.